The molecule has 0 spiro atoms. The van der Waals surface area contributed by atoms with Crippen molar-refractivity contribution in [2.75, 3.05) is 6.61 Å². The zero-order valence-electron chi connectivity index (χ0n) is 15.7. The summed E-state index contributed by atoms with van der Waals surface area (Å²) in [5.74, 6) is 0.681. The van der Waals surface area contributed by atoms with Gasteiger partial charge in [0.1, 0.15) is 0 Å². The standard InChI is InChI=1S/C21H23F2NO3/c1-4-26-17-10-16-15(9-18(17)27-21(22)23)11(2)12(3)24-8-7-14(19(16)24)20(25)13-5-6-13/h7-13,21H,4-6H2,1-3H3. The molecular formula is C21H23F2NO3. The van der Waals surface area contributed by atoms with Crippen LogP contribution in [0, 0.1) is 5.92 Å². The zero-order valence-corrected chi connectivity index (χ0v) is 15.7. The molecule has 0 amide bonds. The van der Waals surface area contributed by atoms with Gasteiger partial charge < -0.3 is 14.0 Å². The number of alkyl halides is 2. The van der Waals surface area contributed by atoms with E-state index in [0.29, 0.717) is 12.2 Å². The van der Waals surface area contributed by atoms with E-state index in [0.717, 1.165) is 29.7 Å². The Morgan fingerprint density at radius 2 is 2.00 bits per heavy atom. The summed E-state index contributed by atoms with van der Waals surface area (Å²) in [6.45, 7) is 3.34. The summed E-state index contributed by atoms with van der Waals surface area (Å²) in [6.07, 6.45) is 3.83. The van der Waals surface area contributed by atoms with Gasteiger partial charge in [0.2, 0.25) is 0 Å². The van der Waals surface area contributed by atoms with Crippen LogP contribution in [0.1, 0.15) is 61.5 Å². The monoisotopic (exact) mass is 375 g/mol. The first-order valence-electron chi connectivity index (χ1n) is 9.43. The van der Waals surface area contributed by atoms with E-state index in [4.69, 9.17) is 9.47 Å². The number of nitrogens with zero attached hydrogens (tertiary/aromatic N) is 1. The molecule has 0 radical (unpaired) electrons. The van der Waals surface area contributed by atoms with Crippen molar-refractivity contribution >= 4 is 5.78 Å². The Hall–Kier alpha value is -2.37. The number of Topliss-reactive ketones (excluding diaryl/α,β-unsaturated/α-hetero) is 1. The molecule has 1 aromatic heterocycles. The maximum atomic E-state index is 12.9. The van der Waals surface area contributed by atoms with Crippen molar-refractivity contribution in [1.82, 2.24) is 4.57 Å². The van der Waals surface area contributed by atoms with E-state index in [9.17, 15) is 13.6 Å². The summed E-state index contributed by atoms with van der Waals surface area (Å²) in [6, 6.07) is 5.38. The van der Waals surface area contributed by atoms with Crippen LogP contribution >= 0.6 is 0 Å². The number of benzene rings is 1. The molecule has 1 aliphatic heterocycles. The summed E-state index contributed by atoms with van der Waals surface area (Å²) in [5, 5.41) is 0. The minimum absolute atomic E-state index is 0.0414. The first kappa shape index (κ1) is 18.0. The molecule has 0 saturated heterocycles. The second kappa shape index (κ2) is 6.66. The summed E-state index contributed by atoms with van der Waals surface area (Å²) < 4.78 is 38.1. The highest BCUT2D eigenvalue weighted by Gasteiger charge is 2.37. The highest BCUT2D eigenvalue weighted by atomic mass is 19.3. The molecule has 0 bridgehead atoms. The van der Waals surface area contributed by atoms with Crippen molar-refractivity contribution in [2.24, 2.45) is 5.92 Å². The maximum absolute atomic E-state index is 12.9. The fraction of sp³-hybridized carbons (Fsp3) is 0.476. The maximum Gasteiger partial charge on any atom is 0.387 e. The van der Waals surface area contributed by atoms with E-state index in [1.807, 2.05) is 12.3 Å². The summed E-state index contributed by atoms with van der Waals surface area (Å²) in [4.78, 5) is 12.8. The van der Waals surface area contributed by atoms with Crippen LogP contribution in [-0.2, 0) is 0 Å². The van der Waals surface area contributed by atoms with Crippen LogP contribution < -0.4 is 9.47 Å². The molecule has 1 saturated carbocycles. The first-order valence-corrected chi connectivity index (χ1v) is 9.43. The van der Waals surface area contributed by atoms with E-state index in [1.165, 1.54) is 0 Å². The van der Waals surface area contributed by atoms with Crippen LogP contribution in [0.5, 0.6) is 11.5 Å². The Labute approximate surface area is 157 Å². The molecule has 27 heavy (non-hydrogen) atoms. The Balaban J connectivity index is 1.90. The van der Waals surface area contributed by atoms with Crippen molar-refractivity contribution in [3.63, 3.8) is 0 Å². The highest BCUT2D eigenvalue weighted by molar-refractivity contribution is 6.05. The Morgan fingerprint density at radius 1 is 1.26 bits per heavy atom. The predicted octanol–water partition coefficient (Wildman–Crippen LogP) is 5.43. The number of ketones is 1. The molecule has 2 heterocycles. The van der Waals surface area contributed by atoms with Crippen molar-refractivity contribution in [3.05, 3.63) is 35.5 Å². The molecular weight excluding hydrogens is 352 g/mol. The molecule has 2 atom stereocenters. The van der Waals surface area contributed by atoms with E-state index in [-0.39, 0.29) is 35.2 Å². The number of aromatic nitrogens is 1. The zero-order chi connectivity index (χ0) is 19.3. The molecule has 144 valence electrons. The number of ether oxygens (including phenoxy) is 2. The van der Waals surface area contributed by atoms with E-state index >= 15 is 0 Å². The van der Waals surface area contributed by atoms with Gasteiger partial charge in [0.15, 0.2) is 17.3 Å². The van der Waals surface area contributed by atoms with Gasteiger partial charge in [0, 0.05) is 35.2 Å². The fourth-order valence-electron chi connectivity index (χ4n) is 3.95. The Kier molecular flexibility index (Phi) is 4.44. The first-order chi connectivity index (χ1) is 12.9. The number of hydrogen-bond donors (Lipinski definition) is 0. The molecule has 2 unspecified atom stereocenters. The minimum atomic E-state index is -2.92. The van der Waals surface area contributed by atoms with Crippen LogP contribution in [0.2, 0.25) is 0 Å². The van der Waals surface area contributed by atoms with Gasteiger partial charge >= 0.3 is 6.61 Å². The van der Waals surface area contributed by atoms with Gasteiger partial charge in [0.25, 0.3) is 0 Å². The van der Waals surface area contributed by atoms with Gasteiger partial charge in [-0.05, 0) is 50.5 Å². The number of fused-ring (bicyclic) bond motifs is 3. The molecule has 4 rings (SSSR count). The van der Waals surface area contributed by atoms with Crippen LogP contribution in [-0.4, -0.2) is 23.6 Å². The van der Waals surface area contributed by atoms with Crippen LogP contribution in [0.3, 0.4) is 0 Å². The summed E-state index contributed by atoms with van der Waals surface area (Å²) in [7, 11) is 0. The molecule has 2 aromatic rings. The molecule has 0 N–H and O–H groups in total. The van der Waals surface area contributed by atoms with Crippen LogP contribution in [0.15, 0.2) is 24.4 Å². The average molecular weight is 375 g/mol. The van der Waals surface area contributed by atoms with Gasteiger partial charge in [-0.15, -0.1) is 0 Å². The number of carbonyl (C=O) groups excluding carboxylic acids is 1. The van der Waals surface area contributed by atoms with Crippen molar-refractivity contribution in [1.29, 1.82) is 0 Å². The average Bonchev–Trinajstić information content (AvgIpc) is 3.38. The molecule has 2 aliphatic rings. The topological polar surface area (TPSA) is 40.5 Å². The predicted molar refractivity (Wildman–Crippen MR) is 97.8 cm³/mol. The van der Waals surface area contributed by atoms with Gasteiger partial charge in [0.05, 0.1) is 12.3 Å². The van der Waals surface area contributed by atoms with E-state index in [2.05, 4.69) is 18.4 Å². The lowest BCUT2D eigenvalue weighted by molar-refractivity contribution is -0.0515. The number of hydrogen-bond acceptors (Lipinski definition) is 3. The van der Waals surface area contributed by atoms with E-state index in [1.54, 1.807) is 19.1 Å². The van der Waals surface area contributed by atoms with E-state index < -0.39 is 6.61 Å². The second-order valence-corrected chi connectivity index (χ2v) is 7.35. The third-order valence-corrected chi connectivity index (χ3v) is 5.67. The number of rotatable bonds is 6. The second-order valence-electron chi connectivity index (χ2n) is 7.35. The molecule has 4 nitrogen and oxygen atoms in total. The van der Waals surface area contributed by atoms with Crippen LogP contribution in [0.25, 0.3) is 11.3 Å². The van der Waals surface area contributed by atoms with Gasteiger partial charge in [-0.25, -0.2) is 0 Å². The quantitative estimate of drug-likeness (QED) is 0.633. The lowest BCUT2D eigenvalue weighted by atomic mass is 9.84. The van der Waals surface area contributed by atoms with Crippen molar-refractivity contribution < 1.29 is 23.0 Å². The normalized spacial score (nSPS) is 21.0. The smallest absolute Gasteiger partial charge is 0.387 e. The largest absolute Gasteiger partial charge is 0.490 e. The van der Waals surface area contributed by atoms with Crippen molar-refractivity contribution in [3.8, 4) is 22.8 Å². The van der Waals surface area contributed by atoms with Gasteiger partial charge in [-0.3, -0.25) is 4.79 Å². The summed E-state index contributed by atoms with van der Waals surface area (Å²) >= 11 is 0. The number of halogens is 2. The third kappa shape index (κ3) is 3.01. The lowest BCUT2D eigenvalue weighted by Crippen LogP contribution is -2.21. The van der Waals surface area contributed by atoms with Gasteiger partial charge in [-0.1, -0.05) is 6.92 Å². The number of carbonyl (C=O) groups is 1. The Bertz CT molecular complexity index is 886. The summed E-state index contributed by atoms with van der Waals surface area (Å²) in [5.41, 5.74) is 3.33. The Morgan fingerprint density at radius 3 is 2.63 bits per heavy atom. The fourth-order valence-corrected chi connectivity index (χ4v) is 3.95. The lowest BCUT2D eigenvalue weighted by Gasteiger charge is -2.33. The van der Waals surface area contributed by atoms with Gasteiger partial charge in [-0.2, -0.15) is 8.78 Å². The SMILES string of the molecule is CCOc1cc2c(cc1OC(F)F)C(C)C(C)n1ccc(C(=O)C3CC3)c1-2. The highest BCUT2D eigenvalue weighted by Crippen LogP contribution is 2.49. The molecule has 1 aromatic carbocycles. The van der Waals surface area contributed by atoms with Crippen molar-refractivity contribution in [2.45, 2.75) is 52.2 Å². The van der Waals surface area contributed by atoms with Crippen LogP contribution in [0.4, 0.5) is 8.78 Å². The molecule has 1 fully saturated rings. The minimum Gasteiger partial charge on any atom is -0.490 e. The molecule has 1 aliphatic carbocycles. The molecule has 6 heteroatoms. The third-order valence-electron chi connectivity index (χ3n) is 5.67.